The second-order valence-electron chi connectivity index (χ2n) is 12.1. The van der Waals surface area contributed by atoms with Crippen molar-refractivity contribution in [1.82, 2.24) is 4.90 Å². The Morgan fingerprint density at radius 1 is 1.08 bits per heavy atom. The molecule has 0 bridgehead atoms. The van der Waals surface area contributed by atoms with Gasteiger partial charge < -0.3 is 10.6 Å². The molecule has 2 aromatic rings. The predicted octanol–water partition coefficient (Wildman–Crippen LogP) is 5.92. The topological polar surface area (TPSA) is 97.5 Å². The first-order chi connectivity index (χ1) is 17.6. The lowest BCUT2D eigenvalue weighted by atomic mass is 9.67. The van der Waals surface area contributed by atoms with Crippen LogP contribution < -0.4 is 5.73 Å². The first kappa shape index (κ1) is 28.9. The summed E-state index contributed by atoms with van der Waals surface area (Å²) in [6.45, 7) is 6.83. The van der Waals surface area contributed by atoms with Crippen LogP contribution >= 0.6 is 23.2 Å². The molecule has 0 radical (unpaired) electrons. The lowest BCUT2D eigenvalue weighted by molar-refractivity contribution is -0.157. The molecule has 4 atom stereocenters. The van der Waals surface area contributed by atoms with Crippen LogP contribution in [0, 0.1) is 11.3 Å². The lowest BCUT2D eigenvalue weighted by Crippen LogP contribution is -2.59. The largest absolute Gasteiger partial charge is 0.370 e. The van der Waals surface area contributed by atoms with Crippen molar-refractivity contribution < 1.29 is 18.0 Å². The van der Waals surface area contributed by atoms with Crippen molar-refractivity contribution in [2.75, 3.05) is 5.75 Å². The molecule has 2 amide bonds. The Bertz CT molecular complexity index is 1320. The Morgan fingerprint density at radius 2 is 1.71 bits per heavy atom. The van der Waals surface area contributed by atoms with Gasteiger partial charge in [-0.25, -0.2) is 8.42 Å². The Balaban J connectivity index is 1.94. The molecule has 38 heavy (non-hydrogen) atoms. The number of carbonyl (C=O) groups is 2. The van der Waals surface area contributed by atoms with Crippen LogP contribution in [0.2, 0.25) is 10.0 Å². The molecule has 6 nitrogen and oxygen atoms in total. The molecular weight excluding hydrogens is 543 g/mol. The highest BCUT2D eigenvalue weighted by molar-refractivity contribution is 7.92. The molecule has 0 aromatic heterocycles. The van der Waals surface area contributed by atoms with Gasteiger partial charge in [0.2, 0.25) is 11.8 Å². The van der Waals surface area contributed by atoms with Gasteiger partial charge in [0.15, 0.2) is 9.84 Å². The van der Waals surface area contributed by atoms with Gasteiger partial charge >= 0.3 is 0 Å². The first-order valence-electron chi connectivity index (χ1n) is 13.0. The molecule has 2 fully saturated rings. The van der Waals surface area contributed by atoms with Gasteiger partial charge in [0.1, 0.15) is 0 Å². The van der Waals surface area contributed by atoms with E-state index >= 15 is 0 Å². The highest BCUT2D eigenvalue weighted by atomic mass is 35.5. The quantitative estimate of drug-likeness (QED) is 0.420. The zero-order chi connectivity index (χ0) is 28.0. The van der Waals surface area contributed by atoms with Crippen LogP contribution in [0.15, 0.2) is 48.5 Å². The number of amides is 2. The van der Waals surface area contributed by atoms with Crippen molar-refractivity contribution in [3.05, 3.63) is 69.7 Å². The van der Waals surface area contributed by atoms with Crippen LogP contribution in [0.1, 0.15) is 76.5 Å². The minimum atomic E-state index is -3.56. The zero-order valence-electron chi connectivity index (χ0n) is 22.3. The summed E-state index contributed by atoms with van der Waals surface area (Å²) in [5.74, 6) is -1.15. The molecule has 9 heteroatoms. The fourth-order valence-electron chi connectivity index (χ4n) is 5.69. The number of benzene rings is 2. The Morgan fingerprint density at radius 3 is 2.24 bits per heavy atom. The van der Waals surface area contributed by atoms with E-state index in [0.29, 0.717) is 16.5 Å². The monoisotopic (exact) mass is 578 g/mol. The van der Waals surface area contributed by atoms with Crippen LogP contribution in [0.5, 0.6) is 0 Å². The van der Waals surface area contributed by atoms with Crippen LogP contribution in [-0.2, 0) is 19.4 Å². The standard InChI is InChI=1S/C29H36Cl2N2O4S/c1-28(2,3)38(36,37)17-24(18-8-9-18)33-26(19-10-12-21(30)13-11-19)23(20-6-5-7-22(31)14-20)15-29(4,27(33)35)16-25(32)34/h5-7,10-14,18,23-24,26H,8-9,15-17H2,1-4H3,(H2,32,34)/t23-,24?,26+,29-/m1/s1. The van der Waals surface area contributed by atoms with Crippen LogP contribution in [0.4, 0.5) is 0 Å². The number of rotatable bonds is 8. The fourth-order valence-corrected chi connectivity index (χ4v) is 7.40. The van der Waals surface area contributed by atoms with Crippen molar-refractivity contribution in [2.45, 2.75) is 76.1 Å². The van der Waals surface area contributed by atoms with Gasteiger partial charge in [-0.05, 0) is 81.3 Å². The molecule has 0 spiro atoms. The summed E-state index contributed by atoms with van der Waals surface area (Å²) >= 11 is 12.6. The number of nitrogens with two attached hydrogens (primary N) is 1. The van der Waals surface area contributed by atoms with E-state index < -0.39 is 38.0 Å². The van der Waals surface area contributed by atoms with Gasteiger partial charge in [-0.3, -0.25) is 9.59 Å². The van der Waals surface area contributed by atoms with Gasteiger partial charge in [-0.15, -0.1) is 0 Å². The van der Waals surface area contributed by atoms with Crippen molar-refractivity contribution >= 4 is 44.9 Å². The number of likely N-dealkylation sites (tertiary alicyclic amines) is 1. The maximum absolute atomic E-state index is 14.5. The summed E-state index contributed by atoms with van der Waals surface area (Å²) in [6, 6.07) is 13.8. The summed E-state index contributed by atoms with van der Waals surface area (Å²) < 4.78 is 26.1. The third-order valence-corrected chi connectivity index (χ3v) is 11.1. The molecule has 1 saturated heterocycles. The number of carbonyl (C=O) groups excluding carboxylic acids is 2. The second-order valence-corrected chi connectivity index (χ2v) is 15.7. The van der Waals surface area contributed by atoms with Crippen molar-refractivity contribution in [2.24, 2.45) is 17.1 Å². The zero-order valence-corrected chi connectivity index (χ0v) is 24.6. The van der Waals surface area contributed by atoms with Crippen LogP contribution in [0.3, 0.4) is 0 Å². The van der Waals surface area contributed by atoms with Crippen molar-refractivity contribution in [3.8, 4) is 0 Å². The molecule has 1 saturated carbocycles. The maximum Gasteiger partial charge on any atom is 0.229 e. The molecule has 1 unspecified atom stereocenters. The van der Waals surface area contributed by atoms with Crippen molar-refractivity contribution in [1.29, 1.82) is 0 Å². The summed E-state index contributed by atoms with van der Waals surface area (Å²) in [7, 11) is -3.56. The molecular formula is C29H36Cl2N2O4S. The van der Waals surface area contributed by atoms with E-state index in [-0.39, 0.29) is 29.9 Å². The molecule has 206 valence electrons. The fraction of sp³-hybridized carbons (Fsp3) is 0.517. The summed E-state index contributed by atoms with van der Waals surface area (Å²) in [5.41, 5.74) is 6.33. The van der Waals surface area contributed by atoms with Gasteiger partial charge in [0.25, 0.3) is 0 Å². The maximum atomic E-state index is 14.5. The van der Waals surface area contributed by atoms with E-state index in [2.05, 4.69) is 0 Å². The van der Waals surface area contributed by atoms with E-state index in [1.54, 1.807) is 50.8 Å². The molecule has 1 aliphatic carbocycles. The molecule has 2 N–H and O–H groups in total. The Labute approximate surface area is 235 Å². The number of hydrogen-bond donors (Lipinski definition) is 1. The van der Waals surface area contributed by atoms with Gasteiger partial charge in [-0.2, -0.15) is 0 Å². The number of hydrogen-bond acceptors (Lipinski definition) is 4. The highest BCUT2D eigenvalue weighted by Gasteiger charge is 2.55. The second kappa shape index (κ2) is 10.5. The summed E-state index contributed by atoms with van der Waals surface area (Å²) in [6.07, 6.45) is 1.92. The third kappa shape index (κ3) is 5.90. The molecule has 4 rings (SSSR count). The number of sulfone groups is 1. The lowest BCUT2D eigenvalue weighted by Gasteiger charge is -2.52. The van der Waals surface area contributed by atoms with E-state index in [0.717, 1.165) is 24.0 Å². The highest BCUT2D eigenvalue weighted by Crippen LogP contribution is 2.54. The molecule has 2 aromatic carbocycles. The third-order valence-electron chi connectivity index (χ3n) is 8.00. The Hall–Kier alpha value is -2.09. The Kier molecular flexibility index (Phi) is 7.97. The van der Waals surface area contributed by atoms with Crippen LogP contribution in [0.25, 0.3) is 0 Å². The van der Waals surface area contributed by atoms with Gasteiger partial charge in [-0.1, -0.05) is 54.4 Å². The van der Waals surface area contributed by atoms with E-state index in [4.69, 9.17) is 28.9 Å². The first-order valence-corrected chi connectivity index (χ1v) is 15.4. The average Bonchev–Trinajstić information content (AvgIpc) is 3.64. The summed E-state index contributed by atoms with van der Waals surface area (Å²) in [5, 5.41) is 1.13. The van der Waals surface area contributed by atoms with E-state index in [1.165, 1.54) is 0 Å². The van der Waals surface area contributed by atoms with Crippen LogP contribution in [-0.4, -0.2) is 41.7 Å². The number of piperidine rings is 1. The van der Waals surface area contributed by atoms with Gasteiger partial charge in [0, 0.05) is 28.4 Å². The minimum Gasteiger partial charge on any atom is -0.370 e. The average molecular weight is 580 g/mol. The van der Waals surface area contributed by atoms with Crippen molar-refractivity contribution in [3.63, 3.8) is 0 Å². The SMILES string of the molecule is CC(C)(C)S(=O)(=O)CC(C1CC1)N1C(=O)[C@@](C)(CC(N)=O)C[C@H](c2cccc(Cl)c2)[C@@H]1c1ccc(Cl)cc1. The van der Waals surface area contributed by atoms with E-state index in [1.807, 2.05) is 30.3 Å². The minimum absolute atomic E-state index is 0.0572. The predicted molar refractivity (Wildman–Crippen MR) is 152 cm³/mol. The normalized spacial score (nSPS) is 25.3. The number of nitrogens with zero attached hydrogens (tertiary/aromatic N) is 1. The molecule has 2 aliphatic rings. The van der Waals surface area contributed by atoms with E-state index in [9.17, 15) is 18.0 Å². The smallest absolute Gasteiger partial charge is 0.229 e. The molecule has 1 aliphatic heterocycles. The summed E-state index contributed by atoms with van der Waals surface area (Å²) in [4.78, 5) is 28.4. The molecule has 1 heterocycles. The number of primary amides is 1. The number of halogens is 2. The van der Waals surface area contributed by atoms with Gasteiger partial charge in [0.05, 0.1) is 22.0 Å².